The van der Waals surface area contributed by atoms with Crippen LogP contribution < -0.4 is 5.32 Å². The summed E-state index contributed by atoms with van der Waals surface area (Å²) in [4.78, 5) is 4.40. The summed E-state index contributed by atoms with van der Waals surface area (Å²) >= 11 is 1.74. The van der Waals surface area contributed by atoms with Gasteiger partial charge >= 0.3 is 0 Å². The first kappa shape index (κ1) is 9.99. The third-order valence-electron chi connectivity index (χ3n) is 2.68. The van der Waals surface area contributed by atoms with Crippen LogP contribution in [0.15, 0.2) is 23.4 Å². The summed E-state index contributed by atoms with van der Waals surface area (Å²) in [7, 11) is 0. The molecule has 1 aliphatic rings. The SMILES string of the molecule is CSc1ncccc1[C@@H]1CCCCN1. The lowest BCUT2D eigenvalue weighted by molar-refractivity contribution is 0.406. The Morgan fingerprint density at radius 1 is 1.50 bits per heavy atom. The highest BCUT2D eigenvalue weighted by Gasteiger charge is 2.17. The number of piperidine rings is 1. The van der Waals surface area contributed by atoms with E-state index in [1.54, 1.807) is 11.8 Å². The zero-order valence-electron chi connectivity index (χ0n) is 8.49. The van der Waals surface area contributed by atoms with Crippen molar-refractivity contribution in [1.82, 2.24) is 10.3 Å². The van der Waals surface area contributed by atoms with Crippen LogP contribution >= 0.6 is 11.8 Å². The second-order valence-electron chi connectivity index (χ2n) is 3.60. The molecule has 2 heterocycles. The van der Waals surface area contributed by atoms with Crippen molar-refractivity contribution in [3.05, 3.63) is 23.9 Å². The number of hydrogen-bond acceptors (Lipinski definition) is 3. The number of rotatable bonds is 2. The molecule has 76 valence electrons. The van der Waals surface area contributed by atoms with Gasteiger partial charge in [-0.1, -0.05) is 12.5 Å². The Bertz CT molecular complexity index is 295. The molecule has 1 aromatic heterocycles. The largest absolute Gasteiger partial charge is 0.310 e. The highest BCUT2D eigenvalue weighted by Crippen LogP contribution is 2.28. The summed E-state index contributed by atoms with van der Waals surface area (Å²) in [6, 6.07) is 4.76. The van der Waals surface area contributed by atoms with Gasteiger partial charge in [-0.3, -0.25) is 0 Å². The number of nitrogens with zero attached hydrogens (tertiary/aromatic N) is 1. The molecule has 1 saturated heterocycles. The fraction of sp³-hybridized carbons (Fsp3) is 0.545. The van der Waals surface area contributed by atoms with Crippen molar-refractivity contribution in [3.8, 4) is 0 Å². The standard InChI is InChI=1S/C11H16N2S/c1-14-11-9(5-4-8-13-11)10-6-2-3-7-12-10/h4-5,8,10,12H,2-3,6-7H2,1H3/t10-/m0/s1. The van der Waals surface area contributed by atoms with Crippen LogP contribution in [0.3, 0.4) is 0 Å². The summed E-state index contributed by atoms with van der Waals surface area (Å²) in [5.74, 6) is 0. The van der Waals surface area contributed by atoms with Crippen molar-refractivity contribution in [1.29, 1.82) is 0 Å². The highest BCUT2D eigenvalue weighted by atomic mass is 32.2. The van der Waals surface area contributed by atoms with Gasteiger partial charge in [-0.25, -0.2) is 4.98 Å². The number of nitrogens with one attached hydrogen (secondary N) is 1. The van der Waals surface area contributed by atoms with Crippen molar-refractivity contribution in [3.63, 3.8) is 0 Å². The van der Waals surface area contributed by atoms with Crippen LogP contribution in [0.2, 0.25) is 0 Å². The van der Waals surface area contributed by atoms with Crippen LogP contribution in [0.25, 0.3) is 0 Å². The molecule has 1 aromatic rings. The molecule has 0 aromatic carbocycles. The molecule has 0 bridgehead atoms. The summed E-state index contributed by atoms with van der Waals surface area (Å²) < 4.78 is 0. The lowest BCUT2D eigenvalue weighted by Crippen LogP contribution is -2.27. The Hall–Kier alpha value is -0.540. The zero-order valence-corrected chi connectivity index (χ0v) is 9.31. The van der Waals surface area contributed by atoms with E-state index < -0.39 is 0 Å². The number of aromatic nitrogens is 1. The molecule has 1 fully saturated rings. The van der Waals surface area contributed by atoms with E-state index in [1.165, 1.54) is 29.9 Å². The first-order valence-corrected chi connectivity index (χ1v) is 6.36. The normalized spacial score (nSPS) is 22.2. The molecule has 0 amide bonds. The van der Waals surface area contributed by atoms with E-state index in [2.05, 4.69) is 22.6 Å². The van der Waals surface area contributed by atoms with E-state index in [4.69, 9.17) is 0 Å². The van der Waals surface area contributed by atoms with E-state index in [0.29, 0.717) is 6.04 Å². The quantitative estimate of drug-likeness (QED) is 0.756. The molecule has 14 heavy (non-hydrogen) atoms. The van der Waals surface area contributed by atoms with Gasteiger partial charge < -0.3 is 5.32 Å². The summed E-state index contributed by atoms with van der Waals surface area (Å²) in [6.45, 7) is 1.15. The van der Waals surface area contributed by atoms with E-state index in [9.17, 15) is 0 Å². The van der Waals surface area contributed by atoms with E-state index in [1.807, 2.05) is 12.3 Å². The number of hydrogen-bond donors (Lipinski definition) is 1. The molecule has 0 aliphatic carbocycles. The van der Waals surface area contributed by atoms with Crippen molar-refractivity contribution in [2.45, 2.75) is 30.3 Å². The molecular weight excluding hydrogens is 192 g/mol. The van der Waals surface area contributed by atoms with Crippen molar-refractivity contribution < 1.29 is 0 Å². The first-order chi connectivity index (χ1) is 6.92. The molecule has 0 saturated carbocycles. The fourth-order valence-corrected chi connectivity index (χ4v) is 2.57. The smallest absolute Gasteiger partial charge is 0.100 e. The lowest BCUT2D eigenvalue weighted by atomic mass is 9.99. The van der Waals surface area contributed by atoms with Gasteiger partial charge in [0.25, 0.3) is 0 Å². The Kier molecular flexibility index (Phi) is 3.43. The Labute approximate surface area is 89.5 Å². The van der Waals surface area contributed by atoms with E-state index in [-0.39, 0.29) is 0 Å². The Morgan fingerprint density at radius 2 is 2.43 bits per heavy atom. The average Bonchev–Trinajstić information content (AvgIpc) is 2.30. The van der Waals surface area contributed by atoms with Crippen LogP contribution in [0, 0.1) is 0 Å². The number of thioether (sulfide) groups is 1. The topological polar surface area (TPSA) is 24.9 Å². The summed E-state index contributed by atoms with van der Waals surface area (Å²) in [6.07, 6.45) is 7.86. The maximum absolute atomic E-state index is 4.40. The van der Waals surface area contributed by atoms with Crippen LogP contribution in [0.1, 0.15) is 30.9 Å². The molecule has 1 atom stereocenters. The van der Waals surface area contributed by atoms with Crippen molar-refractivity contribution >= 4 is 11.8 Å². The molecular formula is C11H16N2S. The van der Waals surface area contributed by atoms with Crippen LogP contribution in [-0.4, -0.2) is 17.8 Å². The second-order valence-corrected chi connectivity index (χ2v) is 4.40. The van der Waals surface area contributed by atoms with E-state index >= 15 is 0 Å². The van der Waals surface area contributed by atoms with Gasteiger partial charge in [0.2, 0.25) is 0 Å². The lowest BCUT2D eigenvalue weighted by Gasteiger charge is -2.24. The minimum absolute atomic E-state index is 0.528. The predicted octanol–water partition coefficient (Wildman–Crippen LogP) is 2.62. The molecule has 1 aliphatic heterocycles. The summed E-state index contributed by atoms with van der Waals surface area (Å²) in [5.41, 5.74) is 1.37. The Balaban J connectivity index is 2.20. The Morgan fingerprint density at radius 3 is 3.14 bits per heavy atom. The minimum Gasteiger partial charge on any atom is -0.310 e. The molecule has 0 radical (unpaired) electrons. The molecule has 1 N–H and O–H groups in total. The third-order valence-corrected chi connectivity index (χ3v) is 3.41. The predicted molar refractivity (Wildman–Crippen MR) is 60.6 cm³/mol. The maximum atomic E-state index is 4.40. The molecule has 3 heteroatoms. The number of pyridine rings is 1. The molecule has 2 rings (SSSR count). The van der Waals surface area contributed by atoms with Gasteiger partial charge in [0, 0.05) is 17.8 Å². The molecule has 2 nitrogen and oxygen atoms in total. The van der Waals surface area contributed by atoms with E-state index in [0.717, 1.165) is 6.54 Å². The van der Waals surface area contributed by atoms with Crippen LogP contribution in [0.5, 0.6) is 0 Å². The first-order valence-electron chi connectivity index (χ1n) is 5.14. The van der Waals surface area contributed by atoms with Gasteiger partial charge in [-0.15, -0.1) is 11.8 Å². The third kappa shape index (κ3) is 2.10. The highest BCUT2D eigenvalue weighted by molar-refractivity contribution is 7.98. The van der Waals surface area contributed by atoms with Gasteiger partial charge in [0.05, 0.1) is 0 Å². The van der Waals surface area contributed by atoms with Crippen molar-refractivity contribution in [2.24, 2.45) is 0 Å². The van der Waals surface area contributed by atoms with Gasteiger partial charge in [0.1, 0.15) is 5.03 Å². The average molecular weight is 208 g/mol. The summed E-state index contributed by atoms with van der Waals surface area (Å²) in [5, 5.41) is 4.73. The molecule has 0 spiro atoms. The maximum Gasteiger partial charge on any atom is 0.100 e. The minimum atomic E-state index is 0.528. The van der Waals surface area contributed by atoms with Gasteiger partial charge in [-0.2, -0.15) is 0 Å². The molecule has 0 unspecified atom stereocenters. The second kappa shape index (κ2) is 4.80. The van der Waals surface area contributed by atoms with Crippen LogP contribution in [-0.2, 0) is 0 Å². The van der Waals surface area contributed by atoms with Gasteiger partial charge in [0.15, 0.2) is 0 Å². The fourth-order valence-electron chi connectivity index (χ4n) is 1.96. The monoisotopic (exact) mass is 208 g/mol. The van der Waals surface area contributed by atoms with Crippen molar-refractivity contribution in [2.75, 3.05) is 12.8 Å². The zero-order chi connectivity index (χ0) is 9.80. The van der Waals surface area contributed by atoms with Gasteiger partial charge in [-0.05, 0) is 31.7 Å². The van der Waals surface area contributed by atoms with Crippen LogP contribution in [0.4, 0.5) is 0 Å².